The van der Waals surface area contributed by atoms with Gasteiger partial charge in [0.1, 0.15) is 18.1 Å². The minimum atomic E-state index is -3.79. The second-order valence-electron chi connectivity index (χ2n) is 5.26. The fourth-order valence-corrected chi connectivity index (χ4v) is 3.24. The van der Waals surface area contributed by atoms with E-state index in [4.69, 9.17) is 9.47 Å². The molecule has 25 heavy (non-hydrogen) atoms. The number of sulfonamides is 1. The van der Waals surface area contributed by atoms with Crippen molar-refractivity contribution in [3.05, 3.63) is 58.6 Å². The van der Waals surface area contributed by atoms with E-state index in [-0.39, 0.29) is 17.2 Å². The van der Waals surface area contributed by atoms with Crippen molar-refractivity contribution in [3.63, 3.8) is 0 Å². The monoisotopic (exact) mass is 366 g/mol. The van der Waals surface area contributed by atoms with Crippen molar-refractivity contribution in [2.24, 2.45) is 0 Å². The Morgan fingerprint density at radius 3 is 2.16 bits per heavy atom. The molecule has 0 aliphatic rings. The molecule has 2 aromatic rings. The lowest BCUT2D eigenvalue weighted by atomic mass is 10.3. The molecule has 2 aromatic carbocycles. The maximum absolute atomic E-state index is 12.3. The predicted molar refractivity (Wildman–Crippen MR) is 91.4 cm³/mol. The SMILES string of the molecule is COc1ccc(OCC(C)NS(=O)(=O)c2ccc([N+](=O)[O-])cc2)cc1. The molecule has 1 N–H and O–H groups in total. The van der Waals surface area contributed by atoms with Gasteiger partial charge in [0, 0.05) is 12.1 Å². The number of rotatable bonds is 8. The Labute approximate surface area is 145 Å². The average Bonchev–Trinajstić information content (AvgIpc) is 2.60. The summed E-state index contributed by atoms with van der Waals surface area (Å²) in [6.45, 7) is 1.78. The molecule has 0 heterocycles. The molecule has 9 heteroatoms. The van der Waals surface area contributed by atoms with E-state index in [1.807, 2.05) is 0 Å². The van der Waals surface area contributed by atoms with Crippen LogP contribution in [0.4, 0.5) is 5.69 Å². The summed E-state index contributed by atoms with van der Waals surface area (Å²) in [6.07, 6.45) is 0. The Balaban J connectivity index is 1.95. The highest BCUT2D eigenvalue weighted by Gasteiger charge is 2.19. The van der Waals surface area contributed by atoms with Crippen molar-refractivity contribution in [1.29, 1.82) is 0 Å². The van der Waals surface area contributed by atoms with E-state index in [1.54, 1.807) is 38.3 Å². The van der Waals surface area contributed by atoms with E-state index in [0.29, 0.717) is 11.5 Å². The van der Waals surface area contributed by atoms with Crippen molar-refractivity contribution in [2.75, 3.05) is 13.7 Å². The molecule has 0 aromatic heterocycles. The smallest absolute Gasteiger partial charge is 0.269 e. The summed E-state index contributed by atoms with van der Waals surface area (Å²) in [5, 5.41) is 10.6. The largest absolute Gasteiger partial charge is 0.497 e. The summed E-state index contributed by atoms with van der Waals surface area (Å²) >= 11 is 0. The zero-order valence-electron chi connectivity index (χ0n) is 13.7. The third kappa shape index (κ3) is 5.16. The normalized spacial score (nSPS) is 12.4. The molecule has 0 saturated carbocycles. The van der Waals surface area contributed by atoms with Crippen LogP contribution < -0.4 is 14.2 Å². The zero-order valence-corrected chi connectivity index (χ0v) is 14.5. The molecule has 0 fully saturated rings. The van der Waals surface area contributed by atoms with Crippen LogP contribution in [0, 0.1) is 10.1 Å². The number of benzene rings is 2. The lowest BCUT2D eigenvalue weighted by Gasteiger charge is -2.15. The Morgan fingerprint density at radius 2 is 1.64 bits per heavy atom. The highest BCUT2D eigenvalue weighted by Crippen LogP contribution is 2.18. The zero-order chi connectivity index (χ0) is 18.4. The van der Waals surface area contributed by atoms with E-state index in [2.05, 4.69) is 4.72 Å². The first-order chi connectivity index (χ1) is 11.8. The van der Waals surface area contributed by atoms with Gasteiger partial charge in [0.05, 0.1) is 23.0 Å². The maximum Gasteiger partial charge on any atom is 0.269 e. The first kappa shape index (κ1) is 18.7. The average molecular weight is 366 g/mol. The highest BCUT2D eigenvalue weighted by atomic mass is 32.2. The predicted octanol–water partition coefficient (Wildman–Crippen LogP) is 2.35. The van der Waals surface area contributed by atoms with Gasteiger partial charge in [-0.1, -0.05) is 0 Å². The standard InChI is InChI=1S/C16H18N2O6S/c1-12(11-24-15-7-5-14(23-2)6-8-15)17-25(21,22)16-9-3-13(4-10-16)18(19)20/h3-10,12,17H,11H2,1-2H3. The molecule has 134 valence electrons. The van der Waals surface area contributed by atoms with Gasteiger partial charge in [0.25, 0.3) is 5.69 Å². The van der Waals surface area contributed by atoms with Gasteiger partial charge in [-0.05, 0) is 43.3 Å². The van der Waals surface area contributed by atoms with E-state index < -0.39 is 21.0 Å². The van der Waals surface area contributed by atoms with Gasteiger partial charge in [-0.15, -0.1) is 0 Å². The quantitative estimate of drug-likeness (QED) is 0.567. The molecule has 0 aliphatic carbocycles. The van der Waals surface area contributed by atoms with Crippen LogP contribution in [0.1, 0.15) is 6.92 Å². The maximum atomic E-state index is 12.3. The number of non-ortho nitro benzene ring substituents is 1. The van der Waals surface area contributed by atoms with Crippen molar-refractivity contribution in [2.45, 2.75) is 17.9 Å². The van der Waals surface area contributed by atoms with Crippen LogP contribution in [0.5, 0.6) is 11.5 Å². The lowest BCUT2D eigenvalue weighted by Crippen LogP contribution is -2.36. The Bertz CT molecular complexity index is 819. The number of hydrogen-bond acceptors (Lipinski definition) is 6. The van der Waals surface area contributed by atoms with Crippen LogP contribution in [0.25, 0.3) is 0 Å². The minimum absolute atomic E-state index is 0.0469. The molecule has 1 atom stereocenters. The molecule has 0 amide bonds. The van der Waals surface area contributed by atoms with Gasteiger partial charge >= 0.3 is 0 Å². The molecule has 2 rings (SSSR count). The van der Waals surface area contributed by atoms with Crippen LogP contribution in [-0.4, -0.2) is 33.1 Å². The first-order valence-corrected chi connectivity index (χ1v) is 8.84. The van der Waals surface area contributed by atoms with Crippen molar-refractivity contribution in [3.8, 4) is 11.5 Å². The van der Waals surface area contributed by atoms with Gasteiger partial charge in [-0.2, -0.15) is 0 Å². The van der Waals surface area contributed by atoms with E-state index in [9.17, 15) is 18.5 Å². The third-order valence-corrected chi connectivity index (χ3v) is 4.88. The van der Waals surface area contributed by atoms with Crippen LogP contribution in [-0.2, 0) is 10.0 Å². The molecular formula is C16H18N2O6S. The van der Waals surface area contributed by atoms with Crippen LogP contribution in [0.3, 0.4) is 0 Å². The summed E-state index contributed by atoms with van der Waals surface area (Å²) < 4.78 is 37.6. The third-order valence-electron chi connectivity index (χ3n) is 3.27. The molecule has 0 spiro atoms. The summed E-state index contributed by atoms with van der Waals surface area (Å²) in [5.74, 6) is 1.28. The van der Waals surface area contributed by atoms with Crippen LogP contribution in [0.15, 0.2) is 53.4 Å². The van der Waals surface area contributed by atoms with Gasteiger partial charge in [0.15, 0.2) is 0 Å². The van der Waals surface area contributed by atoms with Gasteiger partial charge < -0.3 is 9.47 Å². The molecular weight excluding hydrogens is 348 g/mol. The minimum Gasteiger partial charge on any atom is -0.497 e. The fourth-order valence-electron chi connectivity index (χ4n) is 2.01. The number of methoxy groups -OCH3 is 1. The van der Waals surface area contributed by atoms with Gasteiger partial charge in [-0.3, -0.25) is 10.1 Å². The Hall–Kier alpha value is -2.65. The van der Waals surface area contributed by atoms with Crippen LogP contribution >= 0.6 is 0 Å². The van der Waals surface area contributed by atoms with Crippen molar-refractivity contribution in [1.82, 2.24) is 4.72 Å². The van der Waals surface area contributed by atoms with Gasteiger partial charge in [-0.25, -0.2) is 13.1 Å². The molecule has 0 radical (unpaired) electrons. The van der Waals surface area contributed by atoms with E-state index in [0.717, 1.165) is 12.1 Å². The topological polar surface area (TPSA) is 108 Å². The highest BCUT2D eigenvalue weighted by molar-refractivity contribution is 7.89. The number of nitro groups is 1. The Morgan fingerprint density at radius 1 is 1.08 bits per heavy atom. The van der Waals surface area contributed by atoms with Crippen LogP contribution in [0.2, 0.25) is 0 Å². The number of nitrogens with one attached hydrogen (secondary N) is 1. The summed E-state index contributed by atoms with van der Waals surface area (Å²) in [7, 11) is -2.23. The summed E-state index contributed by atoms with van der Waals surface area (Å²) in [6, 6.07) is 11.1. The molecule has 0 bridgehead atoms. The summed E-state index contributed by atoms with van der Waals surface area (Å²) in [5.41, 5.74) is -0.171. The number of hydrogen-bond donors (Lipinski definition) is 1. The lowest BCUT2D eigenvalue weighted by molar-refractivity contribution is -0.384. The molecule has 0 saturated heterocycles. The number of nitro benzene ring substituents is 1. The summed E-state index contributed by atoms with van der Waals surface area (Å²) in [4.78, 5) is 9.98. The second kappa shape index (κ2) is 7.95. The van der Waals surface area contributed by atoms with Crippen molar-refractivity contribution < 1.29 is 22.8 Å². The van der Waals surface area contributed by atoms with Crippen molar-refractivity contribution >= 4 is 15.7 Å². The van der Waals surface area contributed by atoms with Gasteiger partial charge in [0.2, 0.25) is 10.0 Å². The number of nitrogens with zero attached hydrogens (tertiary/aromatic N) is 1. The Kier molecular flexibility index (Phi) is 5.94. The van der Waals surface area contributed by atoms with E-state index in [1.165, 1.54) is 12.1 Å². The molecule has 0 aliphatic heterocycles. The second-order valence-corrected chi connectivity index (χ2v) is 6.97. The number of ether oxygens (including phenoxy) is 2. The van der Waals surface area contributed by atoms with E-state index >= 15 is 0 Å². The fraction of sp³-hybridized carbons (Fsp3) is 0.250. The first-order valence-electron chi connectivity index (χ1n) is 7.35. The molecule has 1 unspecified atom stereocenters. The molecule has 8 nitrogen and oxygen atoms in total.